The van der Waals surface area contributed by atoms with Gasteiger partial charge in [0.15, 0.2) is 0 Å². The average molecular weight is 280 g/mol. The van der Waals surface area contributed by atoms with Gasteiger partial charge in [0, 0.05) is 0 Å². The van der Waals surface area contributed by atoms with Crippen molar-refractivity contribution in [3.63, 3.8) is 0 Å². The summed E-state index contributed by atoms with van der Waals surface area (Å²) in [5.41, 5.74) is -0.00613. The quantitative estimate of drug-likeness (QED) is 0.484. The summed E-state index contributed by atoms with van der Waals surface area (Å²) in [5, 5.41) is 1.83. The molecule has 20 heavy (non-hydrogen) atoms. The summed E-state index contributed by atoms with van der Waals surface area (Å²) in [6.07, 6.45) is 0. The lowest BCUT2D eigenvalue weighted by molar-refractivity contribution is -0.140. The number of benzene rings is 1. The summed E-state index contributed by atoms with van der Waals surface area (Å²) in [6.45, 7) is -0.249. The minimum Gasteiger partial charge on any atom is -0.465 e. The standard InChI is InChI=1S/C12H9FN2O5/c1-20-11(18)7-4-6(2-3-8(7)13)5-15-10(17)9(16)14-12(15)19/h2-4H,5H2,1H3,(H,14,16,19). The van der Waals surface area contributed by atoms with E-state index in [1.165, 1.54) is 6.07 Å². The van der Waals surface area contributed by atoms with Crippen LogP contribution >= 0.6 is 0 Å². The Morgan fingerprint density at radius 1 is 1.35 bits per heavy atom. The van der Waals surface area contributed by atoms with Gasteiger partial charge in [0.25, 0.3) is 0 Å². The first-order valence-corrected chi connectivity index (χ1v) is 5.47. The first-order chi connectivity index (χ1) is 9.43. The Bertz CT molecular complexity index is 628. The molecule has 0 saturated carbocycles. The average Bonchev–Trinajstić information content (AvgIpc) is 2.66. The van der Waals surface area contributed by atoms with Crippen LogP contribution < -0.4 is 5.32 Å². The monoisotopic (exact) mass is 280 g/mol. The van der Waals surface area contributed by atoms with Gasteiger partial charge in [-0.25, -0.2) is 14.0 Å². The molecule has 0 bridgehead atoms. The molecule has 1 aliphatic rings. The van der Waals surface area contributed by atoms with Crippen LogP contribution in [0, 0.1) is 5.82 Å². The van der Waals surface area contributed by atoms with Crippen molar-refractivity contribution in [2.45, 2.75) is 6.54 Å². The predicted octanol–water partition coefficient (Wildman–Crippen LogP) is 0.191. The molecular formula is C12H9FN2O5. The molecule has 1 aliphatic heterocycles. The van der Waals surface area contributed by atoms with Crippen LogP contribution in [0.2, 0.25) is 0 Å². The van der Waals surface area contributed by atoms with Crippen molar-refractivity contribution < 1.29 is 28.3 Å². The van der Waals surface area contributed by atoms with Crippen molar-refractivity contribution in [1.82, 2.24) is 10.2 Å². The maximum absolute atomic E-state index is 13.4. The molecule has 0 atom stereocenters. The highest BCUT2D eigenvalue weighted by Crippen LogP contribution is 2.15. The van der Waals surface area contributed by atoms with E-state index in [1.54, 1.807) is 0 Å². The van der Waals surface area contributed by atoms with Gasteiger partial charge in [-0.2, -0.15) is 0 Å². The number of urea groups is 1. The fourth-order valence-corrected chi connectivity index (χ4v) is 1.70. The molecule has 4 amide bonds. The van der Waals surface area contributed by atoms with E-state index in [0.29, 0.717) is 10.5 Å². The number of ether oxygens (including phenoxy) is 1. The van der Waals surface area contributed by atoms with E-state index in [0.717, 1.165) is 19.2 Å². The van der Waals surface area contributed by atoms with Gasteiger partial charge in [-0.1, -0.05) is 6.07 Å². The maximum Gasteiger partial charge on any atom is 0.340 e. The first-order valence-electron chi connectivity index (χ1n) is 5.47. The zero-order valence-corrected chi connectivity index (χ0v) is 10.3. The van der Waals surface area contributed by atoms with Gasteiger partial charge in [0.2, 0.25) is 0 Å². The topological polar surface area (TPSA) is 92.8 Å². The van der Waals surface area contributed by atoms with E-state index < -0.39 is 29.6 Å². The van der Waals surface area contributed by atoms with E-state index in [9.17, 15) is 23.6 Å². The third-order valence-electron chi connectivity index (χ3n) is 2.68. The lowest BCUT2D eigenvalue weighted by Gasteiger charge is -2.12. The number of hydrogen-bond donors (Lipinski definition) is 1. The molecule has 1 aromatic carbocycles. The lowest BCUT2D eigenvalue weighted by Crippen LogP contribution is -2.30. The number of amides is 4. The van der Waals surface area contributed by atoms with Crippen molar-refractivity contribution >= 4 is 23.8 Å². The Hall–Kier alpha value is -2.77. The molecule has 2 rings (SSSR count). The van der Waals surface area contributed by atoms with Crippen molar-refractivity contribution in [3.05, 3.63) is 35.1 Å². The Labute approximate surface area is 112 Å². The van der Waals surface area contributed by atoms with Crippen LogP contribution in [-0.2, 0) is 20.9 Å². The number of nitrogens with one attached hydrogen (secondary N) is 1. The summed E-state index contributed by atoms with van der Waals surface area (Å²) in [6, 6.07) is 2.61. The number of carbonyl (C=O) groups excluding carboxylic acids is 4. The van der Waals surface area contributed by atoms with Crippen LogP contribution in [-0.4, -0.2) is 35.8 Å². The van der Waals surface area contributed by atoms with Crippen LogP contribution in [0.3, 0.4) is 0 Å². The minimum absolute atomic E-state index is 0.249. The number of nitrogens with zero attached hydrogens (tertiary/aromatic N) is 1. The molecule has 1 N–H and O–H groups in total. The molecule has 7 nitrogen and oxygen atoms in total. The number of methoxy groups -OCH3 is 1. The van der Waals surface area contributed by atoms with Crippen LogP contribution in [0.5, 0.6) is 0 Å². The summed E-state index contributed by atoms with van der Waals surface area (Å²) in [5.74, 6) is -3.68. The van der Waals surface area contributed by atoms with Crippen molar-refractivity contribution in [3.8, 4) is 0 Å². The van der Waals surface area contributed by atoms with E-state index >= 15 is 0 Å². The van der Waals surface area contributed by atoms with Crippen molar-refractivity contribution in [1.29, 1.82) is 0 Å². The number of hydrogen-bond acceptors (Lipinski definition) is 5. The SMILES string of the molecule is COC(=O)c1cc(CN2C(=O)NC(=O)C2=O)ccc1F. The molecule has 104 valence electrons. The second kappa shape index (κ2) is 5.08. The first kappa shape index (κ1) is 13.7. The molecule has 0 radical (unpaired) electrons. The summed E-state index contributed by atoms with van der Waals surface area (Å²) < 4.78 is 17.8. The number of carbonyl (C=O) groups is 4. The second-order valence-corrected chi connectivity index (χ2v) is 3.96. The largest absolute Gasteiger partial charge is 0.465 e. The van der Waals surface area contributed by atoms with Crippen molar-refractivity contribution in [2.75, 3.05) is 7.11 Å². The summed E-state index contributed by atoms with van der Waals surface area (Å²) >= 11 is 0. The zero-order chi connectivity index (χ0) is 14.9. The number of halogens is 1. The Morgan fingerprint density at radius 2 is 2.05 bits per heavy atom. The van der Waals surface area contributed by atoms with Crippen LogP contribution in [0.25, 0.3) is 0 Å². The third-order valence-corrected chi connectivity index (χ3v) is 2.68. The number of rotatable bonds is 3. The van der Waals surface area contributed by atoms with E-state index in [1.807, 2.05) is 5.32 Å². The highest BCUT2D eigenvalue weighted by atomic mass is 19.1. The highest BCUT2D eigenvalue weighted by molar-refractivity contribution is 6.44. The third kappa shape index (κ3) is 2.35. The highest BCUT2D eigenvalue weighted by Gasteiger charge is 2.36. The Morgan fingerprint density at radius 3 is 2.60 bits per heavy atom. The normalized spacial score (nSPS) is 14.5. The molecule has 0 spiro atoms. The summed E-state index contributed by atoms with van der Waals surface area (Å²) in [7, 11) is 1.10. The second-order valence-electron chi connectivity index (χ2n) is 3.96. The molecule has 0 aromatic heterocycles. The van der Waals surface area contributed by atoms with Crippen molar-refractivity contribution in [2.24, 2.45) is 0 Å². The Kier molecular flexibility index (Phi) is 3.47. The summed E-state index contributed by atoms with van der Waals surface area (Å²) in [4.78, 5) is 45.7. The number of imide groups is 2. The van der Waals surface area contributed by atoms with E-state index in [2.05, 4.69) is 4.74 Å². The van der Waals surface area contributed by atoms with Gasteiger partial charge in [0.1, 0.15) is 5.82 Å². The zero-order valence-electron chi connectivity index (χ0n) is 10.3. The van der Waals surface area contributed by atoms with Gasteiger partial charge < -0.3 is 4.74 Å². The fraction of sp³-hybridized carbons (Fsp3) is 0.167. The predicted molar refractivity (Wildman–Crippen MR) is 61.8 cm³/mol. The molecule has 0 unspecified atom stereocenters. The molecule has 8 heteroatoms. The molecular weight excluding hydrogens is 271 g/mol. The van der Waals surface area contributed by atoms with E-state index in [4.69, 9.17) is 0 Å². The van der Waals surface area contributed by atoms with Gasteiger partial charge in [-0.3, -0.25) is 19.8 Å². The number of esters is 1. The molecule has 1 aromatic rings. The maximum atomic E-state index is 13.4. The Balaban J connectivity index is 2.27. The molecule has 1 saturated heterocycles. The molecule has 1 heterocycles. The van der Waals surface area contributed by atoms with Crippen LogP contribution in [0.15, 0.2) is 18.2 Å². The van der Waals surface area contributed by atoms with Crippen LogP contribution in [0.4, 0.5) is 9.18 Å². The van der Waals surface area contributed by atoms with Gasteiger partial charge in [0.05, 0.1) is 19.2 Å². The van der Waals surface area contributed by atoms with Gasteiger partial charge in [-0.05, 0) is 17.7 Å². The van der Waals surface area contributed by atoms with Gasteiger partial charge >= 0.3 is 23.8 Å². The lowest BCUT2D eigenvalue weighted by atomic mass is 10.1. The minimum atomic E-state index is -1.02. The molecule has 1 fully saturated rings. The fourth-order valence-electron chi connectivity index (χ4n) is 1.70. The smallest absolute Gasteiger partial charge is 0.340 e. The van der Waals surface area contributed by atoms with Gasteiger partial charge in [-0.15, -0.1) is 0 Å². The van der Waals surface area contributed by atoms with Crippen LogP contribution in [0.1, 0.15) is 15.9 Å². The van der Waals surface area contributed by atoms with E-state index in [-0.39, 0.29) is 12.1 Å². The molecule has 0 aliphatic carbocycles.